The van der Waals surface area contributed by atoms with E-state index in [4.69, 9.17) is 0 Å². The molecule has 2 heteroatoms. The van der Waals surface area contributed by atoms with Gasteiger partial charge in [0.05, 0.1) is 0 Å². The maximum atomic E-state index is 3.76. The average molecular weight is 194 g/mol. The largest absolute Gasteiger partial charge is 0.310 e. The molecule has 3 unspecified atom stereocenters. The van der Waals surface area contributed by atoms with E-state index in [1.54, 1.807) is 0 Å². The van der Waals surface area contributed by atoms with Gasteiger partial charge in [-0.3, -0.25) is 4.90 Å². The lowest BCUT2D eigenvalue weighted by Crippen LogP contribution is -2.34. The minimum Gasteiger partial charge on any atom is -0.310 e. The van der Waals surface area contributed by atoms with Gasteiger partial charge in [0.1, 0.15) is 0 Å². The zero-order chi connectivity index (χ0) is 9.54. The van der Waals surface area contributed by atoms with E-state index in [9.17, 15) is 0 Å². The fraction of sp³-hybridized carbons (Fsp3) is 1.00. The topological polar surface area (TPSA) is 15.3 Å². The molecule has 80 valence electrons. The quantitative estimate of drug-likeness (QED) is 0.731. The molecule has 3 aliphatic rings. The van der Waals surface area contributed by atoms with Crippen molar-refractivity contribution in [2.75, 3.05) is 13.1 Å². The number of likely N-dealkylation sites (tertiary alicyclic amines) is 1. The molecule has 1 aliphatic heterocycles. The van der Waals surface area contributed by atoms with E-state index in [1.165, 1.54) is 45.2 Å². The molecule has 0 bridgehead atoms. The maximum Gasteiger partial charge on any atom is 0.0209 e. The molecule has 1 saturated heterocycles. The van der Waals surface area contributed by atoms with E-state index in [2.05, 4.69) is 17.1 Å². The van der Waals surface area contributed by atoms with Crippen LogP contribution in [-0.4, -0.2) is 36.1 Å². The Morgan fingerprint density at radius 3 is 2.71 bits per heavy atom. The molecule has 0 spiro atoms. The Labute approximate surface area is 87.0 Å². The fourth-order valence-corrected chi connectivity index (χ4v) is 2.93. The van der Waals surface area contributed by atoms with Crippen molar-refractivity contribution in [1.29, 1.82) is 0 Å². The lowest BCUT2D eigenvalue weighted by molar-refractivity contribution is 0.301. The second kappa shape index (κ2) is 3.49. The summed E-state index contributed by atoms with van der Waals surface area (Å²) < 4.78 is 0. The third-order valence-electron chi connectivity index (χ3n) is 4.15. The molecule has 2 saturated carbocycles. The first kappa shape index (κ1) is 9.17. The van der Waals surface area contributed by atoms with E-state index >= 15 is 0 Å². The van der Waals surface area contributed by atoms with Crippen LogP contribution in [-0.2, 0) is 0 Å². The van der Waals surface area contributed by atoms with E-state index in [0.29, 0.717) is 0 Å². The Hall–Kier alpha value is -0.0800. The highest BCUT2D eigenvalue weighted by molar-refractivity contribution is 4.99. The predicted molar refractivity (Wildman–Crippen MR) is 58.3 cm³/mol. The predicted octanol–water partition coefficient (Wildman–Crippen LogP) is 1.61. The smallest absolute Gasteiger partial charge is 0.0209 e. The first-order valence-corrected chi connectivity index (χ1v) is 6.37. The third kappa shape index (κ3) is 1.82. The zero-order valence-corrected chi connectivity index (χ0v) is 9.21. The summed E-state index contributed by atoms with van der Waals surface area (Å²) in [5.74, 6) is 1.04. The summed E-state index contributed by atoms with van der Waals surface area (Å²) in [6.07, 6.45) is 7.12. The summed E-state index contributed by atoms with van der Waals surface area (Å²) in [6, 6.07) is 2.67. The van der Waals surface area contributed by atoms with E-state index in [-0.39, 0.29) is 0 Å². The summed E-state index contributed by atoms with van der Waals surface area (Å²) in [7, 11) is 0. The van der Waals surface area contributed by atoms with Gasteiger partial charge in [0, 0.05) is 31.2 Å². The van der Waals surface area contributed by atoms with Gasteiger partial charge in [-0.25, -0.2) is 0 Å². The van der Waals surface area contributed by atoms with Gasteiger partial charge < -0.3 is 5.32 Å². The molecular formula is C12H22N2. The van der Waals surface area contributed by atoms with Crippen molar-refractivity contribution in [3.8, 4) is 0 Å². The van der Waals surface area contributed by atoms with Crippen molar-refractivity contribution in [2.24, 2.45) is 5.92 Å². The van der Waals surface area contributed by atoms with Gasteiger partial charge in [0.25, 0.3) is 0 Å². The summed E-state index contributed by atoms with van der Waals surface area (Å²) in [6.45, 7) is 5.02. The van der Waals surface area contributed by atoms with Crippen LogP contribution in [0.2, 0.25) is 0 Å². The van der Waals surface area contributed by atoms with Gasteiger partial charge in [-0.05, 0) is 31.6 Å². The van der Waals surface area contributed by atoms with Crippen molar-refractivity contribution in [3.05, 3.63) is 0 Å². The molecule has 0 aromatic heterocycles. The highest BCUT2D eigenvalue weighted by atomic mass is 15.2. The molecule has 2 nitrogen and oxygen atoms in total. The molecule has 3 atom stereocenters. The van der Waals surface area contributed by atoms with Gasteiger partial charge in [-0.15, -0.1) is 0 Å². The van der Waals surface area contributed by atoms with Crippen LogP contribution in [0.25, 0.3) is 0 Å². The maximum absolute atomic E-state index is 3.76. The standard InChI is InChI=1S/C12H22N2/c1-2-9-7-12(9)14-6-5-11(8-14)13-10-3-4-10/h9-13H,2-8H2,1H3. The second-order valence-electron chi connectivity index (χ2n) is 5.39. The summed E-state index contributed by atoms with van der Waals surface area (Å²) in [5, 5.41) is 3.76. The van der Waals surface area contributed by atoms with Gasteiger partial charge in [-0.1, -0.05) is 13.3 Å². The average Bonchev–Trinajstić information content (AvgIpc) is 3.07. The molecule has 0 radical (unpaired) electrons. The Kier molecular flexibility index (Phi) is 2.29. The minimum atomic E-state index is 0.820. The highest BCUT2D eigenvalue weighted by Gasteiger charge is 2.43. The molecule has 0 aromatic carbocycles. The van der Waals surface area contributed by atoms with Crippen molar-refractivity contribution in [2.45, 2.75) is 57.2 Å². The van der Waals surface area contributed by atoms with Gasteiger partial charge in [0.15, 0.2) is 0 Å². The zero-order valence-electron chi connectivity index (χ0n) is 9.21. The molecular weight excluding hydrogens is 172 g/mol. The van der Waals surface area contributed by atoms with E-state index in [1.807, 2.05) is 0 Å². The number of nitrogens with one attached hydrogen (secondary N) is 1. The van der Waals surface area contributed by atoms with Crippen LogP contribution in [0.5, 0.6) is 0 Å². The summed E-state index contributed by atoms with van der Waals surface area (Å²) in [4.78, 5) is 2.73. The number of hydrogen-bond acceptors (Lipinski definition) is 2. The van der Waals surface area contributed by atoms with E-state index in [0.717, 1.165) is 24.0 Å². The second-order valence-corrected chi connectivity index (χ2v) is 5.39. The van der Waals surface area contributed by atoms with Crippen molar-refractivity contribution in [3.63, 3.8) is 0 Å². The summed E-state index contributed by atoms with van der Waals surface area (Å²) in [5.41, 5.74) is 0. The fourth-order valence-electron chi connectivity index (χ4n) is 2.93. The normalized spacial score (nSPS) is 43.1. The number of nitrogens with zero attached hydrogens (tertiary/aromatic N) is 1. The van der Waals surface area contributed by atoms with Crippen molar-refractivity contribution >= 4 is 0 Å². The molecule has 0 aromatic rings. The molecule has 3 rings (SSSR count). The SMILES string of the molecule is CCC1CC1N1CCC(NC2CC2)C1. The van der Waals surface area contributed by atoms with Crippen LogP contribution in [0, 0.1) is 5.92 Å². The molecule has 3 fully saturated rings. The van der Waals surface area contributed by atoms with Crippen molar-refractivity contribution < 1.29 is 0 Å². The van der Waals surface area contributed by atoms with Gasteiger partial charge in [0.2, 0.25) is 0 Å². The lowest BCUT2D eigenvalue weighted by Gasteiger charge is -2.16. The minimum absolute atomic E-state index is 0.820. The van der Waals surface area contributed by atoms with Crippen LogP contribution < -0.4 is 5.32 Å². The lowest BCUT2D eigenvalue weighted by atomic mass is 10.2. The Morgan fingerprint density at radius 1 is 1.21 bits per heavy atom. The van der Waals surface area contributed by atoms with E-state index < -0.39 is 0 Å². The van der Waals surface area contributed by atoms with Crippen LogP contribution >= 0.6 is 0 Å². The Morgan fingerprint density at radius 2 is 2.07 bits per heavy atom. The monoisotopic (exact) mass is 194 g/mol. The summed E-state index contributed by atoms with van der Waals surface area (Å²) >= 11 is 0. The van der Waals surface area contributed by atoms with Crippen LogP contribution in [0.4, 0.5) is 0 Å². The van der Waals surface area contributed by atoms with Crippen LogP contribution in [0.3, 0.4) is 0 Å². The third-order valence-corrected chi connectivity index (χ3v) is 4.15. The molecule has 1 heterocycles. The van der Waals surface area contributed by atoms with Crippen LogP contribution in [0.15, 0.2) is 0 Å². The first-order chi connectivity index (χ1) is 6.86. The van der Waals surface area contributed by atoms with Crippen LogP contribution in [0.1, 0.15) is 39.0 Å². The molecule has 1 N–H and O–H groups in total. The Balaban J connectivity index is 1.45. The molecule has 14 heavy (non-hydrogen) atoms. The molecule has 0 amide bonds. The Bertz CT molecular complexity index is 212. The number of rotatable bonds is 4. The van der Waals surface area contributed by atoms with Gasteiger partial charge in [-0.2, -0.15) is 0 Å². The highest BCUT2D eigenvalue weighted by Crippen LogP contribution is 2.39. The van der Waals surface area contributed by atoms with Crippen molar-refractivity contribution in [1.82, 2.24) is 10.2 Å². The number of hydrogen-bond donors (Lipinski definition) is 1. The van der Waals surface area contributed by atoms with Gasteiger partial charge >= 0.3 is 0 Å². The first-order valence-electron chi connectivity index (χ1n) is 6.37. The molecule has 2 aliphatic carbocycles.